The number of carbonyl (C=O) groups is 1. The Morgan fingerprint density at radius 2 is 1.70 bits per heavy atom. The van der Waals surface area contributed by atoms with E-state index in [-0.39, 0.29) is 17.3 Å². The van der Waals surface area contributed by atoms with Crippen LogP contribution in [0.1, 0.15) is 37.5 Å². The fourth-order valence-corrected chi connectivity index (χ4v) is 9.87. The van der Waals surface area contributed by atoms with Crippen LogP contribution in [0.3, 0.4) is 0 Å². The number of anilines is 2. The van der Waals surface area contributed by atoms with Crippen molar-refractivity contribution in [3.8, 4) is 0 Å². The Hall–Kier alpha value is -3.26. The van der Waals surface area contributed by atoms with E-state index in [4.69, 9.17) is 0 Å². The second-order valence-corrected chi connectivity index (χ2v) is 16.0. The number of thiophene rings is 2. The third-order valence-electron chi connectivity index (χ3n) is 8.36. The number of aliphatic hydroxyl groups excluding tert-OH is 1. The lowest BCUT2D eigenvalue weighted by molar-refractivity contribution is -0.0398. The molecule has 0 radical (unpaired) electrons. The molecule has 0 unspecified atom stereocenters. The first kappa shape index (κ1) is 32.7. The molecule has 0 spiro atoms. The molecule has 6 rings (SSSR count). The quantitative estimate of drug-likeness (QED) is 0.163. The number of aliphatic hydroxyl groups is 2. The van der Waals surface area contributed by atoms with E-state index in [9.17, 15) is 23.4 Å². The van der Waals surface area contributed by atoms with E-state index in [0.29, 0.717) is 59.0 Å². The first-order valence-electron chi connectivity index (χ1n) is 14.9. The van der Waals surface area contributed by atoms with Gasteiger partial charge < -0.3 is 20.0 Å². The van der Waals surface area contributed by atoms with Crippen LogP contribution >= 0.6 is 38.6 Å². The summed E-state index contributed by atoms with van der Waals surface area (Å²) in [6, 6.07) is 22.5. The van der Waals surface area contributed by atoms with E-state index in [2.05, 4.69) is 20.8 Å². The molecule has 3 aromatic carbocycles. The van der Waals surface area contributed by atoms with Crippen LogP contribution in [0.15, 0.2) is 87.5 Å². The third kappa shape index (κ3) is 6.47. The molecule has 3 heterocycles. The van der Waals surface area contributed by atoms with Crippen molar-refractivity contribution < 1.29 is 23.4 Å². The van der Waals surface area contributed by atoms with Gasteiger partial charge in [0.05, 0.1) is 21.1 Å². The van der Waals surface area contributed by atoms with Crippen LogP contribution in [0.2, 0.25) is 0 Å². The van der Waals surface area contributed by atoms with Gasteiger partial charge in [-0.1, -0.05) is 42.0 Å². The summed E-state index contributed by atoms with van der Waals surface area (Å²) in [4.78, 5) is 18.4. The monoisotopic (exact) mass is 739 g/mol. The highest BCUT2D eigenvalue weighted by atomic mass is 79.9. The van der Waals surface area contributed by atoms with Crippen LogP contribution in [0.25, 0.3) is 10.1 Å². The highest BCUT2D eigenvalue weighted by Crippen LogP contribution is 2.38. The molecule has 0 aliphatic carbocycles. The van der Waals surface area contributed by atoms with E-state index in [1.54, 1.807) is 25.1 Å². The number of aryl methyl sites for hydroxylation is 2. The molecule has 0 bridgehead atoms. The fourth-order valence-electron chi connectivity index (χ4n) is 5.79. The lowest BCUT2D eigenvalue weighted by atomic mass is 10.1. The Bertz CT molecular complexity index is 1980. The first-order chi connectivity index (χ1) is 22.0. The number of hydrogen-bond acceptors (Lipinski definition) is 8. The van der Waals surface area contributed by atoms with Crippen molar-refractivity contribution in [1.29, 1.82) is 0 Å². The number of benzene rings is 3. The Morgan fingerprint density at radius 3 is 2.37 bits per heavy atom. The lowest BCUT2D eigenvalue weighted by Crippen LogP contribution is -2.49. The Balaban J connectivity index is 1.34. The summed E-state index contributed by atoms with van der Waals surface area (Å²) >= 11 is 6.13. The Kier molecular flexibility index (Phi) is 9.56. The summed E-state index contributed by atoms with van der Waals surface area (Å²) < 4.78 is 32.3. The van der Waals surface area contributed by atoms with Crippen LogP contribution in [-0.4, -0.2) is 62.2 Å². The van der Waals surface area contributed by atoms with Crippen LogP contribution in [0, 0.1) is 13.8 Å². The highest BCUT2D eigenvalue weighted by molar-refractivity contribution is 9.10. The van der Waals surface area contributed by atoms with Crippen molar-refractivity contribution in [2.24, 2.45) is 0 Å². The zero-order chi connectivity index (χ0) is 32.6. The minimum Gasteiger partial charge on any atom is -0.366 e. The molecule has 1 fully saturated rings. The molecule has 0 atom stereocenters. The van der Waals surface area contributed by atoms with Gasteiger partial charge in [-0.15, -0.1) is 22.7 Å². The number of para-hydroxylation sites is 2. The molecule has 12 heteroatoms. The van der Waals surface area contributed by atoms with Gasteiger partial charge in [0.1, 0.15) is 4.88 Å². The number of hydrogen-bond donors (Lipinski definition) is 2. The number of nitrogens with zero attached hydrogens (tertiary/aromatic N) is 3. The van der Waals surface area contributed by atoms with Crippen molar-refractivity contribution in [3.63, 3.8) is 0 Å². The number of carbonyl (C=O) groups excluding carboxylic acids is 1. The molecule has 0 saturated carbocycles. The molecule has 240 valence electrons. The summed E-state index contributed by atoms with van der Waals surface area (Å²) in [6.45, 7) is 6.16. The average molecular weight is 741 g/mol. The highest BCUT2D eigenvalue weighted by Gasteiger charge is 2.31. The van der Waals surface area contributed by atoms with Gasteiger partial charge in [0, 0.05) is 41.9 Å². The van der Waals surface area contributed by atoms with Crippen LogP contribution in [-0.2, 0) is 16.4 Å². The third-order valence-corrected chi connectivity index (χ3v) is 13.3. The minimum absolute atomic E-state index is 0.00639. The largest absolute Gasteiger partial charge is 0.366 e. The predicted molar refractivity (Wildman–Crippen MR) is 190 cm³/mol. The van der Waals surface area contributed by atoms with Gasteiger partial charge in [-0.2, -0.15) is 0 Å². The van der Waals surface area contributed by atoms with Crippen molar-refractivity contribution in [2.75, 3.05) is 41.9 Å². The summed E-state index contributed by atoms with van der Waals surface area (Å²) in [5.41, 5.74) is 4.18. The standard InChI is InChI=1S/C34H34BrN3O5S3/c1-22-7-9-24(10-8-22)13-15-38(46(42,43)25-11-12-30-26(21-25)23(2)31(45-30)34(40)41)29-6-4-3-5-28(29)36-16-18-37(19-17-36)33(39)32-27(35)14-20-44-32/h3-12,14,20-21,34,40-41H,13,15-19H2,1-2H3. The average Bonchev–Trinajstić information content (AvgIpc) is 3.64. The number of sulfonamides is 1. The number of piperazine rings is 1. The summed E-state index contributed by atoms with van der Waals surface area (Å²) in [5.74, 6) is -0.00639. The van der Waals surface area contributed by atoms with E-state index in [1.807, 2.05) is 71.8 Å². The van der Waals surface area contributed by atoms with Crippen molar-refractivity contribution in [1.82, 2.24) is 4.90 Å². The molecule has 5 aromatic rings. The fraction of sp³-hybridized carbons (Fsp3) is 0.265. The van der Waals surface area contributed by atoms with Gasteiger partial charge in [-0.25, -0.2) is 8.42 Å². The molecule has 2 aromatic heterocycles. The second kappa shape index (κ2) is 13.5. The SMILES string of the molecule is Cc1ccc(CCN(c2ccccc2N2CCN(C(=O)c3sccc3Br)CC2)S(=O)(=O)c2ccc3sc(C(O)O)c(C)c3c2)cc1. The van der Waals surface area contributed by atoms with Gasteiger partial charge in [0.2, 0.25) is 0 Å². The van der Waals surface area contributed by atoms with Crippen molar-refractivity contribution in [3.05, 3.63) is 109 Å². The first-order valence-corrected chi connectivity index (χ1v) is 18.8. The molecule has 46 heavy (non-hydrogen) atoms. The topological polar surface area (TPSA) is 101 Å². The number of halogens is 1. The predicted octanol–water partition coefficient (Wildman–Crippen LogP) is 6.73. The maximum Gasteiger partial charge on any atom is 0.265 e. The van der Waals surface area contributed by atoms with E-state index in [0.717, 1.165) is 26.0 Å². The minimum atomic E-state index is -4.05. The molecular weight excluding hydrogens is 706 g/mol. The molecule has 1 amide bonds. The smallest absolute Gasteiger partial charge is 0.265 e. The normalized spacial score (nSPS) is 14.0. The Morgan fingerprint density at radius 1 is 0.978 bits per heavy atom. The summed E-state index contributed by atoms with van der Waals surface area (Å²) in [7, 11) is -4.05. The molecule has 8 nitrogen and oxygen atoms in total. The molecule has 1 aliphatic heterocycles. The molecule has 1 saturated heterocycles. The Labute approximate surface area is 285 Å². The molecule has 2 N–H and O–H groups in total. The van der Waals surface area contributed by atoms with Crippen molar-refractivity contribution >= 4 is 76.0 Å². The maximum absolute atomic E-state index is 14.6. The number of rotatable bonds is 9. The molecular formula is C34H34BrN3O5S3. The summed E-state index contributed by atoms with van der Waals surface area (Å²) in [5, 5.41) is 22.3. The second-order valence-electron chi connectivity index (χ2n) is 11.3. The van der Waals surface area contributed by atoms with E-state index in [1.165, 1.54) is 27.0 Å². The number of amides is 1. The van der Waals surface area contributed by atoms with Gasteiger partial charge >= 0.3 is 0 Å². The van der Waals surface area contributed by atoms with Crippen molar-refractivity contribution in [2.45, 2.75) is 31.5 Å². The van der Waals surface area contributed by atoms with Gasteiger partial charge in [0.15, 0.2) is 6.29 Å². The lowest BCUT2D eigenvalue weighted by Gasteiger charge is -2.38. The van der Waals surface area contributed by atoms with E-state index < -0.39 is 16.3 Å². The van der Waals surface area contributed by atoms with Gasteiger partial charge in [0.25, 0.3) is 15.9 Å². The van der Waals surface area contributed by atoms with Crippen LogP contribution < -0.4 is 9.21 Å². The van der Waals surface area contributed by atoms with E-state index >= 15 is 0 Å². The zero-order valence-corrected chi connectivity index (χ0v) is 29.4. The maximum atomic E-state index is 14.6. The van der Waals surface area contributed by atoms with Crippen LogP contribution in [0.4, 0.5) is 11.4 Å². The van der Waals surface area contributed by atoms with Gasteiger partial charge in [-0.3, -0.25) is 9.10 Å². The molecule has 1 aliphatic rings. The van der Waals surface area contributed by atoms with Gasteiger partial charge in [-0.05, 0) is 94.5 Å². The van der Waals surface area contributed by atoms with Crippen LogP contribution in [0.5, 0.6) is 0 Å². The number of fused-ring (bicyclic) bond motifs is 1. The summed E-state index contributed by atoms with van der Waals surface area (Å²) in [6.07, 6.45) is -1.12. The zero-order valence-electron chi connectivity index (χ0n) is 25.4.